The average Bonchev–Trinajstić information content (AvgIpc) is 3.39. The van der Waals surface area contributed by atoms with E-state index in [1.807, 2.05) is 6.07 Å². The minimum absolute atomic E-state index is 0.0269. The molecule has 1 fully saturated rings. The van der Waals surface area contributed by atoms with E-state index >= 15 is 0 Å². The molecule has 124 valence electrons. The number of ether oxygens (including phenoxy) is 1. The van der Waals surface area contributed by atoms with Gasteiger partial charge in [0.2, 0.25) is 0 Å². The monoisotopic (exact) mass is 345 g/mol. The maximum Gasteiger partial charge on any atom is 0.357 e. The van der Waals surface area contributed by atoms with Gasteiger partial charge in [-0.2, -0.15) is 5.26 Å². The minimum Gasteiger partial charge on any atom is -0.464 e. The largest absolute Gasteiger partial charge is 0.464 e. The molecule has 0 saturated heterocycles. The number of rotatable bonds is 4. The third kappa shape index (κ3) is 2.53. The zero-order valence-electron chi connectivity index (χ0n) is 12.9. The van der Waals surface area contributed by atoms with Gasteiger partial charge in [0.15, 0.2) is 15.5 Å². The van der Waals surface area contributed by atoms with Crippen LogP contribution in [0.3, 0.4) is 0 Å². The standard InChI is InChI=1S/C16H15N3O4S/c1-23-16(20)15-14(18)10(8-17)9-19(15)11-2-4-12(5-3-11)24(21,22)13-6-7-13/h2-5,9,13H,6-7,18H2,1H3. The molecule has 0 atom stereocenters. The Kier molecular flexibility index (Phi) is 3.81. The van der Waals surface area contributed by atoms with Crippen LogP contribution in [0.2, 0.25) is 0 Å². The van der Waals surface area contributed by atoms with Crippen LogP contribution in [0.1, 0.15) is 28.9 Å². The quantitative estimate of drug-likeness (QED) is 0.843. The van der Waals surface area contributed by atoms with Crippen LogP contribution in [0.4, 0.5) is 5.69 Å². The highest BCUT2D eigenvalue weighted by Crippen LogP contribution is 2.34. The van der Waals surface area contributed by atoms with Gasteiger partial charge in [0.1, 0.15) is 6.07 Å². The van der Waals surface area contributed by atoms with Gasteiger partial charge in [-0.3, -0.25) is 0 Å². The van der Waals surface area contributed by atoms with Crippen molar-refractivity contribution in [1.82, 2.24) is 4.57 Å². The number of hydrogen-bond acceptors (Lipinski definition) is 6. The van der Waals surface area contributed by atoms with Gasteiger partial charge in [0, 0.05) is 11.9 Å². The van der Waals surface area contributed by atoms with Crippen LogP contribution in [-0.2, 0) is 14.6 Å². The number of carbonyl (C=O) groups is 1. The first-order valence-electron chi connectivity index (χ1n) is 7.23. The summed E-state index contributed by atoms with van der Waals surface area (Å²) < 4.78 is 30.6. The van der Waals surface area contributed by atoms with Gasteiger partial charge >= 0.3 is 5.97 Å². The van der Waals surface area contributed by atoms with Gasteiger partial charge in [-0.25, -0.2) is 13.2 Å². The molecule has 2 N–H and O–H groups in total. The molecule has 1 saturated carbocycles. The molecular formula is C16H15N3O4S. The zero-order valence-corrected chi connectivity index (χ0v) is 13.7. The molecule has 3 rings (SSSR count). The van der Waals surface area contributed by atoms with Crippen LogP contribution >= 0.6 is 0 Å². The summed E-state index contributed by atoms with van der Waals surface area (Å²) in [6.45, 7) is 0. The smallest absolute Gasteiger partial charge is 0.357 e. The van der Waals surface area contributed by atoms with Crippen molar-refractivity contribution in [1.29, 1.82) is 5.26 Å². The van der Waals surface area contributed by atoms with E-state index in [1.165, 1.54) is 30.0 Å². The summed E-state index contributed by atoms with van der Waals surface area (Å²) in [6, 6.07) is 8.04. The van der Waals surface area contributed by atoms with E-state index in [0.29, 0.717) is 18.5 Å². The summed E-state index contributed by atoms with van der Waals surface area (Å²) in [7, 11) is -2.06. The SMILES string of the molecule is COC(=O)c1c(N)c(C#N)cn1-c1ccc(S(=O)(=O)C2CC2)cc1. The highest BCUT2D eigenvalue weighted by Gasteiger charge is 2.36. The summed E-state index contributed by atoms with van der Waals surface area (Å²) in [4.78, 5) is 12.2. The number of carbonyl (C=O) groups excluding carboxylic acids is 1. The van der Waals surface area contributed by atoms with E-state index in [2.05, 4.69) is 0 Å². The number of nitrogens with zero attached hydrogens (tertiary/aromatic N) is 2. The molecule has 7 nitrogen and oxygen atoms in total. The third-order valence-corrected chi connectivity index (χ3v) is 6.23. The number of nitriles is 1. The van der Waals surface area contributed by atoms with Crippen LogP contribution in [0.15, 0.2) is 35.4 Å². The lowest BCUT2D eigenvalue weighted by Crippen LogP contribution is -2.11. The summed E-state index contributed by atoms with van der Waals surface area (Å²) in [5, 5.41) is 8.81. The Balaban J connectivity index is 2.07. The topological polar surface area (TPSA) is 115 Å². The lowest BCUT2D eigenvalue weighted by molar-refractivity contribution is 0.0593. The highest BCUT2D eigenvalue weighted by atomic mass is 32.2. The zero-order chi connectivity index (χ0) is 17.5. The maximum absolute atomic E-state index is 12.2. The fourth-order valence-corrected chi connectivity index (χ4v) is 4.14. The van der Waals surface area contributed by atoms with Crippen molar-refractivity contribution in [3.8, 4) is 11.8 Å². The highest BCUT2D eigenvalue weighted by molar-refractivity contribution is 7.92. The van der Waals surface area contributed by atoms with Gasteiger partial charge in [-0.15, -0.1) is 0 Å². The van der Waals surface area contributed by atoms with Gasteiger partial charge < -0.3 is 15.0 Å². The van der Waals surface area contributed by atoms with Gasteiger partial charge in [0.25, 0.3) is 0 Å². The van der Waals surface area contributed by atoms with E-state index in [9.17, 15) is 13.2 Å². The van der Waals surface area contributed by atoms with E-state index in [1.54, 1.807) is 12.1 Å². The van der Waals surface area contributed by atoms with Gasteiger partial charge in [-0.05, 0) is 37.1 Å². The molecule has 0 aliphatic heterocycles. The van der Waals surface area contributed by atoms with Crippen LogP contribution in [0, 0.1) is 11.3 Å². The maximum atomic E-state index is 12.2. The predicted molar refractivity (Wildman–Crippen MR) is 86.4 cm³/mol. The number of anilines is 1. The average molecular weight is 345 g/mol. The number of hydrogen-bond donors (Lipinski definition) is 1. The first-order chi connectivity index (χ1) is 11.4. The molecule has 1 aromatic carbocycles. The Bertz CT molecular complexity index is 948. The van der Waals surface area contributed by atoms with E-state index in [4.69, 9.17) is 15.7 Å². The fourth-order valence-electron chi connectivity index (χ4n) is 2.49. The van der Waals surface area contributed by atoms with Gasteiger partial charge in [0.05, 0.1) is 28.5 Å². The van der Waals surface area contributed by atoms with E-state index in [-0.39, 0.29) is 27.1 Å². The van der Waals surface area contributed by atoms with Crippen LogP contribution in [0.5, 0.6) is 0 Å². The van der Waals surface area contributed by atoms with E-state index in [0.717, 1.165) is 0 Å². The summed E-state index contributed by atoms with van der Waals surface area (Å²) in [5.74, 6) is -0.677. The molecule has 24 heavy (non-hydrogen) atoms. The Morgan fingerprint density at radius 2 is 1.96 bits per heavy atom. The molecule has 1 heterocycles. The summed E-state index contributed by atoms with van der Waals surface area (Å²) in [6.07, 6.45) is 2.80. The van der Waals surface area contributed by atoms with Crippen molar-refractivity contribution in [2.24, 2.45) is 0 Å². The third-order valence-electron chi connectivity index (χ3n) is 3.95. The van der Waals surface area contributed by atoms with Crippen molar-refractivity contribution < 1.29 is 17.9 Å². The number of esters is 1. The molecule has 1 aromatic heterocycles. The van der Waals surface area contributed by atoms with Crippen LogP contribution in [-0.4, -0.2) is 31.3 Å². The molecular weight excluding hydrogens is 330 g/mol. The second-order valence-electron chi connectivity index (χ2n) is 5.52. The minimum atomic E-state index is -3.28. The number of methoxy groups -OCH3 is 1. The Hall–Kier alpha value is -2.79. The van der Waals surface area contributed by atoms with Crippen molar-refractivity contribution in [3.05, 3.63) is 41.7 Å². The van der Waals surface area contributed by atoms with Crippen LogP contribution < -0.4 is 5.73 Å². The molecule has 0 unspecified atom stereocenters. The predicted octanol–water partition coefficient (Wildman–Crippen LogP) is 1.65. The van der Waals surface area contributed by atoms with Crippen LogP contribution in [0.25, 0.3) is 5.69 Å². The number of sulfone groups is 1. The molecule has 0 radical (unpaired) electrons. The Morgan fingerprint density at radius 3 is 2.46 bits per heavy atom. The Morgan fingerprint density at radius 1 is 1.33 bits per heavy atom. The molecule has 0 bridgehead atoms. The molecule has 0 spiro atoms. The Labute approximate surface area is 139 Å². The number of nitrogens with two attached hydrogens (primary N) is 1. The molecule has 8 heteroatoms. The van der Waals surface area contributed by atoms with E-state index < -0.39 is 15.8 Å². The molecule has 1 aliphatic carbocycles. The first kappa shape index (κ1) is 16.1. The number of nitrogen functional groups attached to an aromatic ring is 1. The van der Waals surface area contributed by atoms with Crippen molar-refractivity contribution in [2.45, 2.75) is 23.0 Å². The normalized spacial score (nSPS) is 14.2. The fraction of sp³-hybridized carbons (Fsp3) is 0.250. The second kappa shape index (κ2) is 5.69. The number of benzene rings is 1. The molecule has 2 aromatic rings. The lowest BCUT2D eigenvalue weighted by atomic mass is 10.2. The molecule has 1 aliphatic rings. The second-order valence-corrected chi connectivity index (χ2v) is 7.74. The summed E-state index contributed by atoms with van der Waals surface area (Å²) in [5.41, 5.74) is 6.55. The number of aromatic nitrogens is 1. The first-order valence-corrected chi connectivity index (χ1v) is 8.78. The van der Waals surface area contributed by atoms with Gasteiger partial charge in [-0.1, -0.05) is 0 Å². The summed E-state index contributed by atoms with van der Waals surface area (Å²) >= 11 is 0. The van der Waals surface area contributed by atoms with Crippen molar-refractivity contribution in [2.75, 3.05) is 12.8 Å². The van der Waals surface area contributed by atoms with Crippen molar-refractivity contribution >= 4 is 21.5 Å². The molecule has 0 amide bonds. The van der Waals surface area contributed by atoms with Crippen molar-refractivity contribution in [3.63, 3.8) is 0 Å². The lowest BCUT2D eigenvalue weighted by Gasteiger charge is -2.09.